The van der Waals surface area contributed by atoms with Crippen molar-refractivity contribution in [2.45, 2.75) is 24.8 Å². The fourth-order valence-corrected chi connectivity index (χ4v) is 3.29. The van der Waals surface area contributed by atoms with E-state index in [1.165, 1.54) is 19.4 Å². The van der Waals surface area contributed by atoms with E-state index in [0.29, 0.717) is 12.0 Å². The van der Waals surface area contributed by atoms with Crippen LogP contribution in [-0.2, 0) is 0 Å². The van der Waals surface area contributed by atoms with Crippen molar-refractivity contribution in [3.63, 3.8) is 0 Å². The molecule has 2 fully saturated rings. The van der Waals surface area contributed by atoms with Crippen molar-refractivity contribution in [2.75, 3.05) is 26.2 Å². The molecular formula is C14H19FN2. The molecule has 0 radical (unpaired) electrons. The first-order valence-electron chi connectivity index (χ1n) is 6.55. The Balaban J connectivity index is 1.92. The Morgan fingerprint density at radius 2 is 2.12 bits per heavy atom. The summed E-state index contributed by atoms with van der Waals surface area (Å²) in [5.41, 5.74) is 0.888. The van der Waals surface area contributed by atoms with Crippen molar-refractivity contribution >= 4 is 0 Å². The van der Waals surface area contributed by atoms with Crippen molar-refractivity contribution in [1.82, 2.24) is 10.2 Å². The summed E-state index contributed by atoms with van der Waals surface area (Å²) in [4.78, 5) is 2.52. The number of hydrogen-bond donors (Lipinski definition) is 1. The third-order valence-electron chi connectivity index (χ3n) is 4.12. The monoisotopic (exact) mass is 234 g/mol. The summed E-state index contributed by atoms with van der Waals surface area (Å²) in [5.74, 6) is 0.259. The van der Waals surface area contributed by atoms with E-state index in [4.69, 9.17) is 0 Å². The minimum Gasteiger partial charge on any atom is -0.315 e. The van der Waals surface area contributed by atoms with E-state index >= 15 is 0 Å². The summed E-state index contributed by atoms with van der Waals surface area (Å²) >= 11 is 0. The number of nitrogens with zero attached hydrogens (tertiary/aromatic N) is 1. The van der Waals surface area contributed by atoms with Crippen LogP contribution in [0.25, 0.3) is 0 Å². The molecule has 3 heteroatoms. The van der Waals surface area contributed by atoms with Gasteiger partial charge in [0.2, 0.25) is 0 Å². The van der Waals surface area contributed by atoms with Crippen LogP contribution in [0.1, 0.15) is 24.3 Å². The summed E-state index contributed by atoms with van der Waals surface area (Å²) in [5, 5.41) is 3.44. The third kappa shape index (κ3) is 2.09. The molecule has 0 aliphatic carbocycles. The largest absolute Gasteiger partial charge is 0.315 e. The topological polar surface area (TPSA) is 15.3 Å². The maximum Gasteiger partial charge on any atom is 0.126 e. The number of nitrogens with one attached hydrogen (secondary N) is 1. The second kappa shape index (κ2) is 4.75. The molecule has 17 heavy (non-hydrogen) atoms. The lowest BCUT2D eigenvalue weighted by Gasteiger charge is -2.28. The van der Waals surface area contributed by atoms with Crippen LogP contribution in [0.3, 0.4) is 0 Å². The van der Waals surface area contributed by atoms with Crippen molar-refractivity contribution < 1.29 is 4.39 Å². The Labute approximate surface area is 102 Å². The van der Waals surface area contributed by atoms with Gasteiger partial charge in [0.05, 0.1) is 0 Å². The molecular weight excluding hydrogens is 215 g/mol. The van der Waals surface area contributed by atoms with E-state index in [9.17, 15) is 4.39 Å². The van der Waals surface area contributed by atoms with Gasteiger partial charge in [-0.3, -0.25) is 4.90 Å². The van der Waals surface area contributed by atoms with Gasteiger partial charge in [-0.2, -0.15) is 0 Å². The molecule has 0 spiro atoms. The summed E-state index contributed by atoms with van der Waals surface area (Å²) in [7, 11) is 0. The molecule has 2 aliphatic rings. The Kier molecular flexibility index (Phi) is 3.12. The zero-order chi connectivity index (χ0) is 11.7. The van der Waals surface area contributed by atoms with Crippen LogP contribution in [0.5, 0.6) is 0 Å². The van der Waals surface area contributed by atoms with E-state index in [-0.39, 0.29) is 5.82 Å². The van der Waals surface area contributed by atoms with Crippen molar-refractivity contribution in [3.8, 4) is 0 Å². The standard InChI is InChI=1S/C14H19FN2/c15-13-5-2-1-4-11(13)12-10-16-7-9-17-8-3-6-14(12)17/h1-2,4-5,12,14,16H,3,6-10H2. The highest BCUT2D eigenvalue weighted by Gasteiger charge is 2.34. The van der Waals surface area contributed by atoms with Gasteiger partial charge in [0.25, 0.3) is 0 Å². The molecule has 0 aromatic heterocycles. The molecule has 2 unspecified atom stereocenters. The molecule has 1 aromatic carbocycles. The molecule has 2 atom stereocenters. The Morgan fingerprint density at radius 1 is 1.24 bits per heavy atom. The minimum absolute atomic E-state index is 0.0481. The van der Waals surface area contributed by atoms with Crippen LogP contribution >= 0.6 is 0 Å². The van der Waals surface area contributed by atoms with Crippen LogP contribution in [0.4, 0.5) is 4.39 Å². The van der Waals surface area contributed by atoms with Crippen molar-refractivity contribution in [1.29, 1.82) is 0 Å². The second-order valence-corrected chi connectivity index (χ2v) is 5.08. The van der Waals surface area contributed by atoms with E-state index in [1.807, 2.05) is 12.1 Å². The van der Waals surface area contributed by atoms with Gasteiger partial charge in [-0.25, -0.2) is 4.39 Å². The van der Waals surface area contributed by atoms with Gasteiger partial charge in [0.1, 0.15) is 5.82 Å². The molecule has 92 valence electrons. The smallest absolute Gasteiger partial charge is 0.126 e. The highest BCUT2D eigenvalue weighted by Crippen LogP contribution is 2.32. The van der Waals surface area contributed by atoms with Gasteiger partial charge in [0, 0.05) is 31.6 Å². The lowest BCUT2D eigenvalue weighted by molar-refractivity contribution is 0.247. The Morgan fingerprint density at radius 3 is 3.00 bits per heavy atom. The number of hydrogen-bond acceptors (Lipinski definition) is 2. The maximum atomic E-state index is 13.9. The quantitative estimate of drug-likeness (QED) is 0.799. The first-order chi connectivity index (χ1) is 8.36. The van der Waals surface area contributed by atoms with Crippen LogP contribution < -0.4 is 5.32 Å². The van der Waals surface area contributed by atoms with Gasteiger partial charge in [-0.05, 0) is 31.0 Å². The SMILES string of the molecule is Fc1ccccc1C1CNCCN2CCCC12. The van der Waals surface area contributed by atoms with Crippen LogP contribution in [-0.4, -0.2) is 37.1 Å². The third-order valence-corrected chi connectivity index (χ3v) is 4.12. The minimum atomic E-state index is -0.0481. The average molecular weight is 234 g/mol. The Bertz CT molecular complexity index is 394. The highest BCUT2D eigenvalue weighted by atomic mass is 19.1. The van der Waals surface area contributed by atoms with Gasteiger partial charge in [-0.15, -0.1) is 0 Å². The first kappa shape index (κ1) is 11.2. The number of halogens is 1. The first-order valence-corrected chi connectivity index (χ1v) is 6.55. The van der Waals surface area contributed by atoms with Gasteiger partial charge < -0.3 is 5.32 Å². The number of rotatable bonds is 1. The average Bonchev–Trinajstić information content (AvgIpc) is 2.71. The molecule has 0 amide bonds. The van der Waals surface area contributed by atoms with Crippen molar-refractivity contribution in [2.24, 2.45) is 0 Å². The molecule has 1 aromatic rings. The lowest BCUT2D eigenvalue weighted by Crippen LogP contribution is -2.35. The molecule has 0 bridgehead atoms. The van der Waals surface area contributed by atoms with E-state index < -0.39 is 0 Å². The van der Waals surface area contributed by atoms with E-state index in [0.717, 1.165) is 25.2 Å². The molecule has 2 nitrogen and oxygen atoms in total. The molecule has 2 saturated heterocycles. The summed E-state index contributed by atoms with van der Waals surface area (Å²) < 4.78 is 13.9. The van der Waals surface area contributed by atoms with Gasteiger partial charge >= 0.3 is 0 Å². The molecule has 3 rings (SSSR count). The summed E-state index contributed by atoms with van der Waals surface area (Å²) in [6, 6.07) is 7.78. The fourth-order valence-electron chi connectivity index (χ4n) is 3.29. The van der Waals surface area contributed by atoms with Crippen LogP contribution in [0.2, 0.25) is 0 Å². The number of fused-ring (bicyclic) bond motifs is 1. The summed E-state index contributed by atoms with van der Waals surface area (Å²) in [6.07, 6.45) is 2.47. The zero-order valence-electron chi connectivity index (χ0n) is 10.0. The van der Waals surface area contributed by atoms with Crippen molar-refractivity contribution in [3.05, 3.63) is 35.6 Å². The maximum absolute atomic E-state index is 13.9. The van der Waals surface area contributed by atoms with Gasteiger partial charge in [-0.1, -0.05) is 18.2 Å². The van der Waals surface area contributed by atoms with Crippen LogP contribution in [0, 0.1) is 5.82 Å². The molecule has 2 heterocycles. The molecule has 2 aliphatic heterocycles. The normalized spacial score (nSPS) is 29.9. The van der Waals surface area contributed by atoms with E-state index in [2.05, 4.69) is 10.2 Å². The fraction of sp³-hybridized carbons (Fsp3) is 0.571. The number of benzene rings is 1. The second-order valence-electron chi connectivity index (χ2n) is 5.08. The highest BCUT2D eigenvalue weighted by molar-refractivity contribution is 5.24. The van der Waals surface area contributed by atoms with Crippen LogP contribution in [0.15, 0.2) is 24.3 Å². The lowest BCUT2D eigenvalue weighted by atomic mass is 9.89. The van der Waals surface area contributed by atoms with Gasteiger partial charge in [0.15, 0.2) is 0 Å². The molecule has 0 saturated carbocycles. The predicted molar refractivity (Wildman–Crippen MR) is 66.6 cm³/mol. The van der Waals surface area contributed by atoms with E-state index in [1.54, 1.807) is 12.1 Å². The zero-order valence-corrected chi connectivity index (χ0v) is 10.0. The molecule has 1 N–H and O–H groups in total. The Hall–Kier alpha value is -0.930. The predicted octanol–water partition coefficient (Wildman–Crippen LogP) is 1.98. The summed E-state index contributed by atoms with van der Waals surface area (Å²) in [6.45, 7) is 4.22.